The minimum absolute atomic E-state index is 0.0906. The van der Waals surface area contributed by atoms with E-state index in [1.165, 1.54) is 5.56 Å². The molecular formula is C19H23N3O2. The maximum atomic E-state index is 12.1. The van der Waals surface area contributed by atoms with Crippen LogP contribution in [0.4, 0.5) is 0 Å². The van der Waals surface area contributed by atoms with Gasteiger partial charge in [0.25, 0.3) is 11.8 Å². The number of carbonyl (C=O) groups is 2. The lowest BCUT2D eigenvalue weighted by Crippen LogP contribution is -2.30. The van der Waals surface area contributed by atoms with Crippen LogP contribution in [0.3, 0.4) is 0 Å². The molecule has 0 fully saturated rings. The quantitative estimate of drug-likeness (QED) is 0.802. The molecule has 1 aromatic carbocycles. The topological polar surface area (TPSA) is 71.1 Å². The van der Waals surface area contributed by atoms with Gasteiger partial charge in [0.2, 0.25) is 0 Å². The van der Waals surface area contributed by atoms with Gasteiger partial charge in [0.15, 0.2) is 0 Å². The summed E-state index contributed by atoms with van der Waals surface area (Å²) < 4.78 is 0. The number of hydrogen-bond donors (Lipinski definition) is 2. The van der Waals surface area contributed by atoms with Gasteiger partial charge in [-0.2, -0.15) is 0 Å². The molecule has 2 N–H and O–H groups in total. The number of amides is 2. The Morgan fingerprint density at radius 1 is 0.875 bits per heavy atom. The molecule has 0 aliphatic rings. The maximum Gasteiger partial charge on any atom is 0.252 e. The van der Waals surface area contributed by atoms with Crippen molar-refractivity contribution in [2.75, 3.05) is 13.1 Å². The van der Waals surface area contributed by atoms with Crippen LogP contribution in [0.15, 0.2) is 36.5 Å². The molecule has 2 amide bonds. The van der Waals surface area contributed by atoms with Gasteiger partial charge in [-0.3, -0.25) is 14.6 Å². The van der Waals surface area contributed by atoms with E-state index in [9.17, 15) is 9.59 Å². The number of nitrogens with one attached hydrogen (secondary N) is 2. The zero-order chi connectivity index (χ0) is 17.5. The fourth-order valence-corrected chi connectivity index (χ4v) is 2.18. The standard InChI is InChI=1S/C19H23N3O2/c1-13-5-7-16(11-14(13)2)18(23)20-9-4-10-21-19(24)17-8-6-15(3)22-12-17/h5-8,11-12H,4,9-10H2,1-3H3,(H,20,23)(H,21,24). The second kappa shape index (κ2) is 8.24. The van der Waals surface area contributed by atoms with Crippen molar-refractivity contribution in [1.82, 2.24) is 15.6 Å². The summed E-state index contributed by atoms with van der Waals surface area (Å²) in [7, 11) is 0. The molecule has 0 saturated carbocycles. The summed E-state index contributed by atoms with van der Waals surface area (Å²) >= 11 is 0. The minimum atomic E-state index is -0.150. The van der Waals surface area contributed by atoms with E-state index in [1.54, 1.807) is 18.3 Å². The van der Waals surface area contributed by atoms with E-state index in [1.807, 2.05) is 39.0 Å². The van der Waals surface area contributed by atoms with Crippen LogP contribution in [0.5, 0.6) is 0 Å². The molecule has 0 spiro atoms. The first-order valence-corrected chi connectivity index (χ1v) is 8.03. The first-order chi connectivity index (χ1) is 11.5. The molecule has 0 bridgehead atoms. The second-order valence-electron chi connectivity index (χ2n) is 5.85. The molecule has 1 aromatic heterocycles. The summed E-state index contributed by atoms with van der Waals surface area (Å²) in [6, 6.07) is 9.21. The Kier molecular flexibility index (Phi) is 6.07. The van der Waals surface area contributed by atoms with Gasteiger partial charge in [-0.25, -0.2) is 0 Å². The normalized spacial score (nSPS) is 10.3. The van der Waals surface area contributed by atoms with Crippen LogP contribution in [0.2, 0.25) is 0 Å². The Morgan fingerprint density at radius 2 is 1.50 bits per heavy atom. The van der Waals surface area contributed by atoms with Gasteiger partial charge in [0.05, 0.1) is 5.56 Å². The van der Waals surface area contributed by atoms with Crippen molar-refractivity contribution in [1.29, 1.82) is 0 Å². The minimum Gasteiger partial charge on any atom is -0.352 e. The highest BCUT2D eigenvalue weighted by atomic mass is 16.2. The highest BCUT2D eigenvalue weighted by Gasteiger charge is 2.07. The third kappa shape index (κ3) is 4.91. The summed E-state index contributed by atoms with van der Waals surface area (Å²) in [4.78, 5) is 28.1. The van der Waals surface area contributed by atoms with Crippen molar-refractivity contribution < 1.29 is 9.59 Å². The van der Waals surface area contributed by atoms with Crippen LogP contribution < -0.4 is 10.6 Å². The average molecular weight is 325 g/mol. The van der Waals surface area contributed by atoms with Gasteiger partial charge >= 0.3 is 0 Å². The monoisotopic (exact) mass is 325 g/mol. The van der Waals surface area contributed by atoms with Crippen LogP contribution in [-0.2, 0) is 0 Å². The molecule has 5 nitrogen and oxygen atoms in total. The van der Waals surface area contributed by atoms with Crippen LogP contribution >= 0.6 is 0 Å². The maximum absolute atomic E-state index is 12.1. The predicted molar refractivity (Wildman–Crippen MR) is 94.2 cm³/mol. The van der Waals surface area contributed by atoms with Crippen molar-refractivity contribution in [2.24, 2.45) is 0 Å². The predicted octanol–water partition coefficient (Wildman–Crippen LogP) is 2.56. The molecule has 2 aromatic rings. The van der Waals surface area contributed by atoms with E-state index in [0.717, 1.165) is 11.3 Å². The SMILES string of the molecule is Cc1ccc(C(=O)NCCCNC(=O)c2ccc(C)c(C)c2)cn1. The fraction of sp³-hybridized carbons (Fsp3) is 0.316. The third-order valence-corrected chi connectivity index (χ3v) is 3.87. The van der Waals surface area contributed by atoms with Crippen molar-refractivity contribution in [3.8, 4) is 0 Å². The van der Waals surface area contributed by atoms with E-state index < -0.39 is 0 Å². The van der Waals surface area contributed by atoms with E-state index >= 15 is 0 Å². The van der Waals surface area contributed by atoms with Gasteiger partial charge in [0.1, 0.15) is 0 Å². The largest absolute Gasteiger partial charge is 0.352 e. The molecule has 0 atom stereocenters. The van der Waals surface area contributed by atoms with Gasteiger partial charge in [0, 0.05) is 30.5 Å². The van der Waals surface area contributed by atoms with Crippen LogP contribution in [0, 0.1) is 20.8 Å². The lowest BCUT2D eigenvalue weighted by molar-refractivity contribution is 0.0951. The van der Waals surface area contributed by atoms with Crippen molar-refractivity contribution in [3.05, 3.63) is 64.5 Å². The molecule has 24 heavy (non-hydrogen) atoms. The summed E-state index contributed by atoms with van der Waals surface area (Å²) in [5.41, 5.74) is 4.34. The van der Waals surface area contributed by atoms with Crippen LogP contribution in [0.25, 0.3) is 0 Å². The molecule has 0 saturated heterocycles. The van der Waals surface area contributed by atoms with Gasteiger partial charge in [-0.05, 0) is 62.6 Å². The van der Waals surface area contributed by atoms with Crippen molar-refractivity contribution in [3.63, 3.8) is 0 Å². The summed E-state index contributed by atoms with van der Waals surface area (Å²) in [6.45, 7) is 6.89. The Morgan fingerprint density at radius 3 is 2.08 bits per heavy atom. The molecule has 2 rings (SSSR count). The molecule has 0 radical (unpaired) electrons. The fourth-order valence-electron chi connectivity index (χ4n) is 2.18. The van der Waals surface area contributed by atoms with E-state index in [2.05, 4.69) is 15.6 Å². The first kappa shape index (κ1) is 17.7. The zero-order valence-corrected chi connectivity index (χ0v) is 14.3. The number of nitrogens with zero attached hydrogens (tertiary/aromatic N) is 1. The lowest BCUT2D eigenvalue weighted by Gasteiger charge is -2.08. The Bertz CT molecular complexity index is 724. The summed E-state index contributed by atoms with van der Waals surface area (Å²) in [6.07, 6.45) is 2.23. The highest BCUT2D eigenvalue weighted by molar-refractivity contribution is 5.94. The number of carbonyl (C=O) groups excluding carboxylic acids is 2. The molecule has 0 aliphatic carbocycles. The first-order valence-electron chi connectivity index (χ1n) is 8.03. The lowest BCUT2D eigenvalue weighted by atomic mass is 10.1. The third-order valence-electron chi connectivity index (χ3n) is 3.87. The van der Waals surface area contributed by atoms with Crippen molar-refractivity contribution >= 4 is 11.8 Å². The van der Waals surface area contributed by atoms with E-state index in [4.69, 9.17) is 0 Å². The Balaban J connectivity index is 1.70. The number of hydrogen-bond acceptors (Lipinski definition) is 3. The number of aryl methyl sites for hydroxylation is 3. The Hall–Kier alpha value is -2.69. The van der Waals surface area contributed by atoms with Crippen LogP contribution in [0.1, 0.15) is 44.0 Å². The molecule has 126 valence electrons. The number of aromatic nitrogens is 1. The number of benzene rings is 1. The zero-order valence-electron chi connectivity index (χ0n) is 14.3. The number of pyridine rings is 1. The van der Waals surface area contributed by atoms with E-state index in [-0.39, 0.29) is 11.8 Å². The van der Waals surface area contributed by atoms with E-state index in [0.29, 0.717) is 30.6 Å². The summed E-state index contributed by atoms with van der Waals surface area (Å²) in [5, 5.41) is 5.68. The Labute approximate surface area is 142 Å². The van der Waals surface area contributed by atoms with Gasteiger partial charge in [-0.1, -0.05) is 6.07 Å². The molecule has 0 unspecified atom stereocenters. The van der Waals surface area contributed by atoms with Gasteiger partial charge < -0.3 is 10.6 Å². The molecular weight excluding hydrogens is 302 g/mol. The van der Waals surface area contributed by atoms with Crippen LogP contribution in [-0.4, -0.2) is 29.9 Å². The highest BCUT2D eigenvalue weighted by Crippen LogP contribution is 2.09. The molecule has 0 aliphatic heterocycles. The second-order valence-corrected chi connectivity index (χ2v) is 5.85. The molecule has 5 heteroatoms. The molecule has 1 heterocycles. The van der Waals surface area contributed by atoms with Gasteiger partial charge in [-0.15, -0.1) is 0 Å². The average Bonchev–Trinajstić information content (AvgIpc) is 2.57. The van der Waals surface area contributed by atoms with Crippen molar-refractivity contribution in [2.45, 2.75) is 27.2 Å². The smallest absolute Gasteiger partial charge is 0.252 e. The number of rotatable bonds is 6. The summed E-state index contributed by atoms with van der Waals surface area (Å²) in [5.74, 6) is -0.241.